The number of aromatic amines is 1. The zero-order valence-electron chi connectivity index (χ0n) is 14.1. The van der Waals surface area contributed by atoms with Gasteiger partial charge in [-0.1, -0.05) is 0 Å². The first kappa shape index (κ1) is 15.0. The molecule has 4 heterocycles. The van der Waals surface area contributed by atoms with Gasteiger partial charge in [-0.25, -0.2) is 4.79 Å². The lowest BCUT2D eigenvalue weighted by molar-refractivity contribution is 0.0689. The monoisotopic (exact) mass is 352 g/mol. The van der Waals surface area contributed by atoms with Crippen LogP contribution in [-0.2, 0) is 13.0 Å². The predicted molar refractivity (Wildman–Crippen MR) is 92.9 cm³/mol. The Bertz CT molecular complexity index is 1060. The number of anilines is 1. The van der Waals surface area contributed by atoms with Crippen molar-refractivity contribution in [3.8, 4) is 11.5 Å². The van der Waals surface area contributed by atoms with E-state index >= 15 is 0 Å². The summed E-state index contributed by atoms with van der Waals surface area (Å²) in [7, 11) is 0. The van der Waals surface area contributed by atoms with Crippen LogP contribution in [0.5, 0.6) is 11.5 Å². The number of hydrogen-bond donors (Lipinski definition) is 2. The van der Waals surface area contributed by atoms with E-state index in [1.54, 1.807) is 0 Å². The molecule has 8 heteroatoms. The van der Waals surface area contributed by atoms with Crippen molar-refractivity contribution in [2.45, 2.75) is 19.9 Å². The molecule has 2 N–H and O–H groups in total. The fourth-order valence-electron chi connectivity index (χ4n) is 3.67. The van der Waals surface area contributed by atoms with Crippen LogP contribution in [0.15, 0.2) is 18.2 Å². The summed E-state index contributed by atoms with van der Waals surface area (Å²) in [5.41, 5.74) is 4.47. The van der Waals surface area contributed by atoms with Crippen molar-refractivity contribution in [3.63, 3.8) is 0 Å². The molecular weight excluding hydrogens is 336 g/mol. The Morgan fingerprint density at radius 3 is 2.88 bits per heavy atom. The highest BCUT2D eigenvalue weighted by molar-refractivity contribution is 5.95. The van der Waals surface area contributed by atoms with Gasteiger partial charge in [0.2, 0.25) is 6.79 Å². The highest BCUT2D eigenvalue weighted by Gasteiger charge is 2.27. The molecular formula is C18H16N4O4. The topological polar surface area (TPSA) is 101 Å². The lowest BCUT2D eigenvalue weighted by atomic mass is 10.0. The van der Waals surface area contributed by atoms with Gasteiger partial charge in [-0.3, -0.25) is 10.1 Å². The van der Waals surface area contributed by atoms with Crippen LogP contribution in [0.1, 0.15) is 27.4 Å². The molecule has 0 radical (unpaired) electrons. The van der Waals surface area contributed by atoms with Crippen molar-refractivity contribution in [1.29, 1.82) is 0 Å². The third-order valence-corrected chi connectivity index (χ3v) is 4.89. The van der Waals surface area contributed by atoms with Crippen molar-refractivity contribution >= 4 is 22.6 Å². The minimum Gasteiger partial charge on any atom is -0.476 e. The standard InChI is InChI=1S/C18H16N4O4/c1-9-4-14(10-5-15-16(26-8-25-15)6-13(10)19-9)22-3-2-12-11(7-22)17(18(23)24)21-20-12/h4-6H,2-3,7-8H2,1H3,(H,20,21)(H,23,24). The van der Waals surface area contributed by atoms with Crippen molar-refractivity contribution in [3.05, 3.63) is 40.8 Å². The number of rotatable bonds is 2. The first-order valence-electron chi connectivity index (χ1n) is 8.35. The molecule has 2 aliphatic heterocycles. The van der Waals surface area contributed by atoms with Gasteiger partial charge in [0.1, 0.15) is 0 Å². The summed E-state index contributed by atoms with van der Waals surface area (Å²) in [4.78, 5) is 18.2. The van der Waals surface area contributed by atoms with E-state index in [0.29, 0.717) is 24.5 Å². The van der Waals surface area contributed by atoms with Crippen LogP contribution in [0.4, 0.5) is 5.69 Å². The number of H-pyrrole nitrogens is 1. The number of carbonyl (C=O) groups is 1. The second kappa shape index (κ2) is 5.35. The van der Waals surface area contributed by atoms with Crippen molar-refractivity contribution in [1.82, 2.24) is 15.2 Å². The van der Waals surface area contributed by atoms with E-state index in [4.69, 9.17) is 9.47 Å². The number of aromatic nitrogens is 3. The van der Waals surface area contributed by atoms with Crippen LogP contribution in [0.3, 0.4) is 0 Å². The van der Waals surface area contributed by atoms with Gasteiger partial charge in [0.15, 0.2) is 17.2 Å². The SMILES string of the molecule is Cc1cc(N2CCc3[nH]nc(C(=O)O)c3C2)c2cc3c(cc2n1)OCO3. The third kappa shape index (κ3) is 2.18. The van der Waals surface area contributed by atoms with E-state index < -0.39 is 5.97 Å². The summed E-state index contributed by atoms with van der Waals surface area (Å²) in [6.07, 6.45) is 0.711. The lowest BCUT2D eigenvalue weighted by Crippen LogP contribution is -2.31. The van der Waals surface area contributed by atoms with E-state index in [9.17, 15) is 9.90 Å². The molecule has 3 aromatic rings. The van der Waals surface area contributed by atoms with Gasteiger partial charge in [0, 0.05) is 53.6 Å². The fraction of sp³-hybridized carbons (Fsp3) is 0.278. The average molecular weight is 352 g/mol. The second-order valence-corrected chi connectivity index (χ2v) is 6.51. The molecule has 2 aliphatic rings. The maximum Gasteiger partial charge on any atom is 0.356 e. The summed E-state index contributed by atoms with van der Waals surface area (Å²) < 4.78 is 11.0. The van der Waals surface area contributed by atoms with Gasteiger partial charge in [-0.2, -0.15) is 5.10 Å². The number of carboxylic acid groups (broad SMARTS) is 1. The lowest BCUT2D eigenvalue weighted by Gasteiger charge is -2.30. The molecule has 8 nitrogen and oxygen atoms in total. The Balaban J connectivity index is 1.63. The van der Waals surface area contributed by atoms with Crippen LogP contribution >= 0.6 is 0 Å². The molecule has 0 aliphatic carbocycles. The van der Waals surface area contributed by atoms with E-state index in [1.807, 2.05) is 25.1 Å². The number of aryl methyl sites for hydroxylation is 1. The molecule has 0 saturated carbocycles. The number of aromatic carboxylic acids is 1. The fourth-order valence-corrected chi connectivity index (χ4v) is 3.67. The first-order valence-corrected chi connectivity index (χ1v) is 8.35. The Kier molecular flexibility index (Phi) is 3.09. The quantitative estimate of drug-likeness (QED) is 0.729. The zero-order valence-corrected chi connectivity index (χ0v) is 14.1. The van der Waals surface area contributed by atoms with Crippen LogP contribution < -0.4 is 14.4 Å². The molecule has 26 heavy (non-hydrogen) atoms. The number of hydrogen-bond acceptors (Lipinski definition) is 6. The summed E-state index contributed by atoms with van der Waals surface area (Å²) in [6, 6.07) is 5.86. The van der Waals surface area contributed by atoms with Crippen LogP contribution in [-0.4, -0.2) is 39.6 Å². The van der Waals surface area contributed by atoms with Gasteiger partial charge in [-0.15, -0.1) is 0 Å². The van der Waals surface area contributed by atoms with Crippen LogP contribution in [0.25, 0.3) is 10.9 Å². The first-order chi connectivity index (χ1) is 12.6. The smallest absolute Gasteiger partial charge is 0.356 e. The van der Waals surface area contributed by atoms with Gasteiger partial charge in [0.05, 0.1) is 5.52 Å². The van der Waals surface area contributed by atoms with E-state index in [1.165, 1.54) is 0 Å². The van der Waals surface area contributed by atoms with E-state index in [0.717, 1.165) is 40.1 Å². The van der Waals surface area contributed by atoms with Crippen molar-refractivity contribution in [2.75, 3.05) is 18.2 Å². The normalized spacial score (nSPS) is 15.3. The van der Waals surface area contributed by atoms with Gasteiger partial charge in [-0.05, 0) is 19.1 Å². The number of nitrogens with zero attached hydrogens (tertiary/aromatic N) is 3. The Morgan fingerprint density at radius 1 is 1.27 bits per heavy atom. The Labute approximate surface area is 148 Å². The third-order valence-electron chi connectivity index (χ3n) is 4.89. The summed E-state index contributed by atoms with van der Waals surface area (Å²) >= 11 is 0. The average Bonchev–Trinajstić information content (AvgIpc) is 3.24. The Morgan fingerprint density at radius 2 is 2.08 bits per heavy atom. The highest BCUT2D eigenvalue weighted by atomic mass is 16.7. The largest absolute Gasteiger partial charge is 0.476 e. The van der Waals surface area contributed by atoms with E-state index in [2.05, 4.69) is 20.1 Å². The summed E-state index contributed by atoms with van der Waals surface area (Å²) in [6.45, 7) is 3.41. The van der Waals surface area contributed by atoms with Gasteiger partial charge >= 0.3 is 5.97 Å². The number of nitrogens with one attached hydrogen (secondary N) is 1. The minimum atomic E-state index is -1.01. The molecule has 5 rings (SSSR count). The highest BCUT2D eigenvalue weighted by Crippen LogP contribution is 2.40. The molecule has 0 spiro atoms. The number of carboxylic acids is 1. The van der Waals surface area contributed by atoms with Crippen molar-refractivity contribution in [2.24, 2.45) is 0 Å². The number of pyridine rings is 1. The predicted octanol–water partition coefficient (Wildman–Crippen LogP) is 2.26. The Hall–Kier alpha value is -3.29. The maximum atomic E-state index is 11.4. The summed E-state index contributed by atoms with van der Waals surface area (Å²) in [5, 5.41) is 17.1. The molecule has 2 aromatic heterocycles. The molecule has 132 valence electrons. The molecule has 0 amide bonds. The molecule has 0 atom stereocenters. The van der Waals surface area contributed by atoms with Gasteiger partial charge < -0.3 is 19.5 Å². The van der Waals surface area contributed by atoms with Crippen LogP contribution in [0, 0.1) is 6.92 Å². The van der Waals surface area contributed by atoms with E-state index in [-0.39, 0.29) is 12.5 Å². The van der Waals surface area contributed by atoms with Gasteiger partial charge in [0.25, 0.3) is 0 Å². The molecule has 0 saturated heterocycles. The number of benzene rings is 1. The minimum absolute atomic E-state index is 0.0948. The second-order valence-electron chi connectivity index (χ2n) is 6.51. The molecule has 1 aromatic carbocycles. The maximum absolute atomic E-state index is 11.4. The molecule has 0 bridgehead atoms. The van der Waals surface area contributed by atoms with Crippen molar-refractivity contribution < 1.29 is 19.4 Å². The molecule has 0 fully saturated rings. The number of fused-ring (bicyclic) bond motifs is 3. The van der Waals surface area contributed by atoms with Crippen LogP contribution in [0.2, 0.25) is 0 Å². The number of ether oxygens (including phenoxy) is 2. The summed E-state index contributed by atoms with van der Waals surface area (Å²) in [5.74, 6) is 0.394. The molecule has 0 unspecified atom stereocenters. The zero-order chi connectivity index (χ0) is 17.8.